The molecule has 0 aromatic heterocycles. The molecule has 0 N–H and O–H groups in total. The zero-order valence-electron chi connectivity index (χ0n) is 18.5. The summed E-state index contributed by atoms with van der Waals surface area (Å²) in [5.41, 5.74) is 0. The van der Waals surface area contributed by atoms with Crippen molar-refractivity contribution in [3.8, 4) is 0 Å². The smallest absolute Gasteiger partial charge is 0.853 e. The molecule has 0 fully saturated rings. The van der Waals surface area contributed by atoms with Crippen molar-refractivity contribution in [2.75, 3.05) is 26.4 Å². The summed E-state index contributed by atoms with van der Waals surface area (Å²) >= 11 is 0. The van der Waals surface area contributed by atoms with Gasteiger partial charge in [-0.1, -0.05) is 53.4 Å². The largest absolute Gasteiger partial charge is 2.00 e. The number of unbranched alkanes of at least 4 members (excludes halogenated alkanes) is 2. The first-order valence-electron chi connectivity index (χ1n) is 10.0. The number of carbonyl (C=O) groups is 2. The van der Waals surface area contributed by atoms with Gasteiger partial charge in [0.25, 0.3) is 0 Å². The summed E-state index contributed by atoms with van der Waals surface area (Å²) in [6.07, 6.45) is 7.04. The van der Waals surface area contributed by atoms with E-state index < -0.39 is 11.9 Å². The Morgan fingerprint density at radius 2 is 1.03 bits per heavy atom. The number of ether oxygens (including phenoxy) is 1. The van der Waals surface area contributed by atoms with E-state index in [1.165, 1.54) is 0 Å². The normalized spacial score (nSPS) is 11.2. The molecule has 2 unspecified atom stereocenters. The summed E-state index contributed by atoms with van der Waals surface area (Å²) in [5.74, 6) is -2.23. The van der Waals surface area contributed by atoms with Gasteiger partial charge in [-0.25, -0.2) is 0 Å². The molecule has 0 rings (SSSR count). The van der Waals surface area contributed by atoms with E-state index in [1.807, 2.05) is 13.8 Å². The molecule has 0 aliphatic carbocycles. The number of hydrogen-bond acceptors (Lipinski definition) is 7. The molecule has 7 nitrogen and oxygen atoms in total. The molecule has 168 valence electrons. The van der Waals surface area contributed by atoms with Crippen LogP contribution >= 0.6 is 0 Å². The Morgan fingerprint density at radius 1 is 0.724 bits per heavy atom. The van der Waals surface area contributed by atoms with Crippen LogP contribution in [0.2, 0.25) is 0 Å². The molecule has 0 aromatic carbocycles. The fourth-order valence-corrected chi connectivity index (χ4v) is 2.10. The first-order chi connectivity index (χ1) is 12.9. The van der Waals surface area contributed by atoms with Crippen molar-refractivity contribution >= 4 is 59.8 Å². The minimum absolute atomic E-state index is 0. The molecule has 0 aromatic rings. The molecular weight excluding hydrogens is 590 g/mol. The molecule has 0 spiro atoms. The Labute approximate surface area is 210 Å². The molecule has 4 radical (unpaired) electrons. The van der Waals surface area contributed by atoms with Gasteiger partial charge in [-0.05, 0) is 37.5 Å². The SMILES string of the molecule is CCCCC(CC)C(=O)[O-].CCCCC(CC)C(=O)[O-].[O-]CCOCC[O-].[Sn+2].[Sn+2]. The van der Waals surface area contributed by atoms with Crippen LogP contribution < -0.4 is 20.4 Å². The van der Waals surface area contributed by atoms with Crippen LogP contribution in [0.15, 0.2) is 0 Å². The van der Waals surface area contributed by atoms with Gasteiger partial charge in [0.05, 0.1) is 0 Å². The van der Waals surface area contributed by atoms with Gasteiger partial charge >= 0.3 is 47.8 Å². The third-order valence-corrected chi connectivity index (χ3v) is 3.92. The van der Waals surface area contributed by atoms with E-state index in [4.69, 9.17) is 0 Å². The molecule has 0 aliphatic rings. The first kappa shape index (κ1) is 39.8. The van der Waals surface area contributed by atoms with Crippen LogP contribution in [0.5, 0.6) is 0 Å². The van der Waals surface area contributed by atoms with Crippen LogP contribution in [0.3, 0.4) is 0 Å². The third kappa shape index (κ3) is 33.3. The van der Waals surface area contributed by atoms with Crippen molar-refractivity contribution in [3.05, 3.63) is 0 Å². The van der Waals surface area contributed by atoms with E-state index in [9.17, 15) is 30.0 Å². The average Bonchev–Trinajstić information content (AvgIpc) is 2.64. The zero-order chi connectivity index (χ0) is 21.5. The molecule has 0 saturated heterocycles. The Bertz CT molecular complexity index is 302. The standard InChI is InChI=1S/2C8H16O2.C4H8O3.2Sn/c2*1-3-5-6-7(4-2)8(9)10;5-1-3-7-4-2-6;;/h2*7H,3-6H2,1-2H3,(H,9,10);1-4H2;;/q;;-2;2*+2/p-2. The van der Waals surface area contributed by atoms with Crippen LogP contribution in [-0.2, 0) is 14.3 Å². The second-order valence-electron chi connectivity index (χ2n) is 6.15. The Kier molecular flexibility index (Phi) is 45.4. The predicted molar refractivity (Wildman–Crippen MR) is 109 cm³/mol. The monoisotopic (exact) mass is 630 g/mol. The summed E-state index contributed by atoms with van der Waals surface area (Å²) in [7, 11) is 0. The van der Waals surface area contributed by atoms with Gasteiger partial charge in [0.15, 0.2) is 0 Å². The van der Waals surface area contributed by atoms with E-state index in [-0.39, 0.29) is 86.1 Å². The maximum atomic E-state index is 10.3. The minimum Gasteiger partial charge on any atom is -0.853 e. The van der Waals surface area contributed by atoms with Crippen LogP contribution in [0.25, 0.3) is 0 Å². The minimum atomic E-state index is -0.893. The third-order valence-electron chi connectivity index (χ3n) is 3.92. The van der Waals surface area contributed by atoms with Crippen LogP contribution in [0, 0.1) is 11.8 Å². The van der Waals surface area contributed by atoms with Gasteiger partial charge in [-0.3, -0.25) is 0 Å². The number of carbonyl (C=O) groups excluding carboxylic acids is 2. The molecule has 2 atom stereocenters. The van der Waals surface area contributed by atoms with E-state index >= 15 is 0 Å². The molecule has 0 heterocycles. The number of hydrogen-bond donors (Lipinski definition) is 0. The van der Waals surface area contributed by atoms with Gasteiger partial charge in [-0.2, -0.15) is 0 Å². The van der Waals surface area contributed by atoms with Crippen LogP contribution in [0.1, 0.15) is 79.1 Å². The summed E-state index contributed by atoms with van der Waals surface area (Å²) in [5, 5.41) is 39.8. The van der Waals surface area contributed by atoms with E-state index in [1.54, 1.807) is 0 Å². The van der Waals surface area contributed by atoms with Crippen molar-refractivity contribution in [1.29, 1.82) is 0 Å². The van der Waals surface area contributed by atoms with E-state index in [0.29, 0.717) is 12.8 Å². The van der Waals surface area contributed by atoms with Crippen molar-refractivity contribution in [1.82, 2.24) is 0 Å². The summed E-state index contributed by atoms with van der Waals surface area (Å²) in [4.78, 5) is 20.7. The zero-order valence-corrected chi connectivity index (χ0v) is 24.2. The Balaban J connectivity index is -0.0000000976. The van der Waals surface area contributed by atoms with Gasteiger partial charge in [0, 0.05) is 25.2 Å². The number of carboxylic acid groups (broad SMARTS) is 2. The molecule has 0 aliphatic heterocycles. The average molecular weight is 628 g/mol. The quantitative estimate of drug-likeness (QED) is 0.176. The molecular formula is C20H38O7Sn2. The predicted octanol–water partition coefficient (Wildman–Crippen LogP) is -1.13. The fraction of sp³-hybridized carbons (Fsp3) is 0.900. The van der Waals surface area contributed by atoms with Crippen LogP contribution in [-0.4, -0.2) is 86.2 Å². The number of rotatable bonds is 14. The summed E-state index contributed by atoms with van der Waals surface area (Å²) in [6.45, 7) is 7.72. The summed E-state index contributed by atoms with van der Waals surface area (Å²) in [6, 6.07) is 0. The van der Waals surface area contributed by atoms with Gasteiger partial charge in [0.2, 0.25) is 0 Å². The second kappa shape index (κ2) is 33.1. The van der Waals surface area contributed by atoms with Crippen molar-refractivity contribution < 1.29 is 34.8 Å². The molecule has 0 saturated carbocycles. The maximum absolute atomic E-state index is 10.3. The second-order valence-corrected chi connectivity index (χ2v) is 6.15. The molecule has 0 amide bonds. The van der Waals surface area contributed by atoms with Crippen molar-refractivity contribution in [2.24, 2.45) is 11.8 Å². The fourth-order valence-electron chi connectivity index (χ4n) is 2.10. The molecule has 9 heteroatoms. The van der Waals surface area contributed by atoms with E-state index in [2.05, 4.69) is 18.6 Å². The Morgan fingerprint density at radius 3 is 1.21 bits per heavy atom. The first-order valence-corrected chi connectivity index (χ1v) is 10.0. The number of aliphatic carboxylic acids is 2. The van der Waals surface area contributed by atoms with Gasteiger partial charge in [0.1, 0.15) is 0 Å². The van der Waals surface area contributed by atoms with Crippen molar-refractivity contribution in [2.45, 2.75) is 79.1 Å². The number of carboxylic acids is 2. The van der Waals surface area contributed by atoms with Crippen molar-refractivity contribution in [3.63, 3.8) is 0 Å². The topological polar surface area (TPSA) is 136 Å². The Hall–Kier alpha value is 0.417. The van der Waals surface area contributed by atoms with E-state index in [0.717, 1.165) is 38.5 Å². The molecule has 0 bridgehead atoms. The summed E-state index contributed by atoms with van der Waals surface area (Å²) < 4.78 is 4.51. The molecule has 29 heavy (non-hydrogen) atoms. The van der Waals surface area contributed by atoms with Crippen LogP contribution in [0.4, 0.5) is 0 Å². The van der Waals surface area contributed by atoms with Gasteiger partial charge in [-0.15, -0.1) is 13.2 Å². The van der Waals surface area contributed by atoms with Gasteiger partial charge < -0.3 is 34.8 Å². The maximum Gasteiger partial charge on any atom is 2.00 e.